The Bertz CT molecular complexity index is 1290. The number of carbonyl (C=O) groups excluding carboxylic acids is 3. The van der Waals surface area contributed by atoms with Crippen LogP contribution < -0.4 is 25.0 Å². The van der Waals surface area contributed by atoms with Crippen molar-refractivity contribution in [3.8, 4) is 17.2 Å². The van der Waals surface area contributed by atoms with Gasteiger partial charge in [-0.2, -0.15) is 5.10 Å². The van der Waals surface area contributed by atoms with Crippen LogP contribution in [0.1, 0.15) is 46.5 Å². The summed E-state index contributed by atoms with van der Waals surface area (Å²) in [5.74, 6) is -0.277. The van der Waals surface area contributed by atoms with Crippen LogP contribution >= 0.6 is 11.6 Å². The largest absolute Gasteiger partial charge is 0.494 e. The van der Waals surface area contributed by atoms with E-state index in [2.05, 4.69) is 15.8 Å². The summed E-state index contributed by atoms with van der Waals surface area (Å²) in [5, 5.41) is 6.67. The number of amides is 2. The zero-order valence-corrected chi connectivity index (χ0v) is 21.8. The Morgan fingerprint density at radius 3 is 2.42 bits per heavy atom. The Morgan fingerprint density at radius 1 is 0.947 bits per heavy atom. The van der Waals surface area contributed by atoms with Crippen LogP contribution in [-0.2, 0) is 4.79 Å². The van der Waals surface area contributed by atoms with E-state index in [9.17, 15) is 14.4 Å². The molecule has 0 aliphatic carbocycles. The topological polar surface area (TPSA) is 115 Å². The molecule has 10 heteroatoms. The van der Waals surface area contributed by atoms with E-state index < -0.39 is 17.8 Å². The number of carbonyl (C=O) groups is 3. The minimum Gasteiger partial charge on any atom is -0.494 e. The maximum Gasteiger partial charge on any atom is 0.343 e. The van der Waals surface area contributed by atoms with Crippen LogP contribution in [0, 0.1) is 0 Å². The molecule has 3 aromatic carbocycles. The van der Waals surface area contributed by atoms with Crippen molar-refractivity contribution in [2.45, 2.75) is 20.3 Å². The zero-order valence-electron chi connectivity index (χ0n) is 21.0. The van der Waals surface area contributed by atoms with Crippen LogP contribution in [-0.4, -0.2) is 43.8 Å². The molecule has 0 saturated carbocycles. The van der Waals surface area contributed by atoms with Gasteiger partial charge in [0.1, 0.15) is 5.75 Å². The number of rotatable bonds is 12. The molecule has 0 bridgehead atoms. The molecule has 0 unspecified atom stereocenters. The lowest BCUT2D eigenvalue weighted by Crippen LogP contribution is -2.35. The molecule has 0 saturated heterocycles. The molecule has 198 valence electrons. The number of nitrogens with zero attached hydrogens (tertiary/aromatic N) is 1. The maximum atomic E-state index is 12.6. The zero-order chi connectivity index (χ0) is 27.3. The lowest BCUT2D eigenvalue weighted by atomic mass is 10.2. The van der Waals surface area contributed by atoms with Gasteiger partial charge in [-0.15, -0.1) is 0 Å². The van der Waals surface area contributed by atoms with Gasteiger partial charge in [-0.25, -0.2) is 10.2 Å². The molecule has 0 aliphatic heterocycles. The lowest BCUT2D eigenvalue weighted by molar-refractivity contribution is -0.120. The first kappa shape index (κ1) is 28.2. The first-order chi connectivity index (χ1) is 18.4. The van der Waals surface area contributed by atoms with Gasteiger partial charge in [0.25, 0.3) is 11.8 Å². The van der Waals surface area contributed by atoms with Crippen molar-refractivity contribution in [2.75, 3.05) is 19.8 Å². The normalized spacial score (nSPS) is 10.6. The summed E-state index contributed by atoms with van der Waals surface area (Å²) in [5.41, 5.74) is 3.56. The Kier molecular flexibility index (Phi) is 10.7. The van der Waals surface area contributed by atoms with E-state index in [1.54, 1.807) is 73.7 Å². The molecule has 3 aromatic rings. The second-order valence-electron chi connectivity index (χ2n) is 7.86. The van der Waals surface area contributed by atoms with Crippen LogP contribution in [0.4, 0.5) is 0 Å². The van der Waals surface area contributed by atoms with Crippen LogP contribution in [0.25, 0.3) is 0 Å². The molecule has 0 fully saturated rings. The highest BCUT2D eigenvalue weighted by Gasteiger charge is 2.14. The van der Waals surface area contributed by atoms with Gasteiger partial charge in [-0.05, 0) is 73.5 Å². The number of hydrazone groups is 1. The first-order valence-corrected chi connectivity index (χ1v) is 12.4. The molecule has 0 heterocycles. The van der Waals surface area contributed by atoms with Gasteiger partial charge in [-0.1, -0.05) is 30.7 Å². The van der Waals surface area contributed by atoms with Gasteiger partial charge >= 0.3 is 5.97 Å². The van der Waals surface area contributed by atoms with Crippen LogP contribution in [0.3, 0.4) is 0 Å². The third kappa shape index (κ3) is 8.35. The van der Waals surface area contributed by atoms with E-state index in [1.165, 1.54) is 6.21 Å². The Hall–Kier alpha value is -4.37. The smallest absolute Gasteiger partial charge is 0.343 e. The van der Waals surface area contributed by atoms with Gasteiger partial charge in [0.2, 0.25) is 0 Å². The Labute approximate surface area is 225 Å². The summed E-state index contributed by atoms with van der Waals surface area (Å²) < 4.78 is 16.7. The minimum atomic E-state index is -0.541. The molecule has 9 nitrogen and oxygen atoms in total. The summed E-state index contributed by atoms with van der Waals surface area (Å²) in [6, 6.07) is 18.1. The van der Waals surface area contributed by atoms with Gasteiger partial charge in [0.05, 0.1) is 42.1 Å². The van der Waals surface area contributed by atoms with Crippen molar-refractivity contribution in [3.63, 3.8) is 0 Å². The fraction of sp³-hybridized carbons (Fsp3) is 0.214. The number of benzene rings is 3. The second-order valence-corrected chi connectivity index (χ2v) is 8.26. The summed E-state index contributed by atoms with van der Waals surface area (Å²) in [4.78, 5) is 36.8. The highest BCUT2D eigenvalue weighted by Crippen LogP contribution is 2.29. The minimum absolute atomic E-state index is 0.242. The standard InChI is InChI=1S/C28H28ClN3O6/c1-3-15-37-21-12-10-20(11-13-21)28(35)38-24-14-9-19(16-25(24)36-4-2)17-31-32-26(33)18-30-27(34)22-7-5-6-8-23(22)29/h5-14,16-17H,3-4,15,18H2,1-2H3,(H,30,34)(H,32,33). The van der Waals surface area contributed by atoms with Crippen molar-refractivity contribution in [2.24, 2.45) is 5.10 Å². The SMILES string of the molecule is CCCOc1ccc(C(=O)Oc2ccc(C=NNC(=O)CNC(=O)c3ccccc3Cl)cc2OCC)cc1. The van der Waals surface area contributed by atoms with E-state index in [0.717, 1.165) is 6.42 Å². The number of esters is 1. The molecule has 0 radical (unpaired) electrons. The molecule has 0 spiro atoms. The monoisotopic (exact) mass is 537 g/mol. The average molecular weight is 538 g/mol. The van der Waals surface area contributed by atoms with Crippen LogP contribution in [0.5, 0.6) is 17.2 Å². The average Bonchev–Trinajstić information content (AvgIpc) is 2.92. The Morgan fingerprint density at radius 2 is 1.71 bits per heavy atom. The molecule has 0 aromatic heterocycles. The number of nitrogens with one attached hydrogen (secondary N) is 2. The van der Waals surface area contributed by atoms with Gasteiger partial charge < -0.3 is 19.5 Å². The fourth-order valence-corrected chi connectivity index (χ4v) is 3.36. The van der Waals surface area contributed by atoms with Crippen molar-refractivity contribution >= 4 is 35.6 Å². The Balaban J connectivity index is 1.56. The quantitative estimate of drug-likeness (QED) is 0.151. The molecular weight excluding hydrogens is 510 g/mol. The van der Waals surface area contributed by atoms with Crippen LogP contribution in [0.15, 0.2) is 71.8 Å². The number of ether oxygens (including phenoxy) is 3. The van der Waals surface area contributed by atoms with E-state index >= 15 is 0 Å². The fourth-order valence-electron chi connectivity index (χ4n) is 3.14. The molecule has 0 aliphatic rings. The van der Waals surface area contributed by atoms with E-state index in [-0.39, 0.29) is 22.9 Å². The number of hydrogen-bond donors (Lipinski definition) is 2. The van der Waals surface area contributed by atoms with Gasteiger partial charge in [0.15, 0.2) is 11.5 Å². The molecule has 0 atom stereocenters. The predicted molar refractivity (Wildman–Crippen MR) is 144 cm³/mol. The van der Waals surface area contributed by atoms with Crippen molar-refractivity contribution in [1.29, 1.82) is 0 Å². The molecule has 38 heavy (non-hydrogen) atoms. The third-order valence-electron chi connectivity index (χ3n) is 4.96. The molecule has 3 rings (SSSR count). The van der Waals surface area contributed by atoms with E-state index in [1.807, 2.05) is 6.92 Å². The summed E-state index contributed by atoms with van der Waals surface area (Å²) in [6.45, 7) is 4.48. The van der Waals surface area contributed by atoms with Crippen molar-refractivity contribution < 1.29 is 28.6 Å². The molecule has 2 N–H and O–H groups in total. The number of halogens is 1. The van der Waals surface area contributed by atoms with E-state index in [0.29, 0.717) is 35.8 Å². The van der Waals surface area contributed by atoms with Gasteiger partial charge in [-0.3, -0.25) is 9.59 Å². The summed E-state index contributed by atoms with van der Waals surface area (Å²) in [6.07, 6.45) is 2.29. The lowest BCUT2D eigenvalue weighted by Gasteiger charge is -2.12. The third-order valence-corrected chi connectivity index (χ3v) is 5.29. The first-order valence-electron chi connectivity index (χ1n) is 12.0. The molecule has 2 amide bonds. The van der Waals surface area contributed by atoms with E-state index in [4.69, 9.17) is 25.8 Å². The van der Waals surface area contributed by atoms with Crippen LogP contribution in [0.2, 0.25) is 5.02 Å². The molecular formula is C28H28ClN3O6. The summed E-state index contributed by atoms with van der Waals surface area (Å²) >= 11 is 5.98. The predicted octanol–water partition coefficient (Wildman–Crippen LogP) is 4.63. The number of hydrogen-bond acceptors (Lipinski definition) is 7. The highest BCUT2D eigenvalue weighted by atomic mass is 35.5. The van der Waals surface area contributed by atoms with Crippen molar-refractivity contribution in [1.82, 2.24) is 10.7 Å². The second kappa shape index (κ2) is 14.4. The maximum absolute atomic E-state index is 12.6. The highest BCUT2D eigenvalue weighted by molar-refractivity contribution is 6.33. The van der Waals surface area contributed by atoms with Gasteiger partial charge in [0, 0.05) is 0 Å². The summed E-state index contributed by atoms with van der Waals surface area (Å²) in [7, 11) is 0. The van der Waals surface area contributed by atoms with Crippen molar-refractivity contribution in [3.05, 3.63) is 88.4 Å².